The van der Waals surface area contributed by atoms with Gasteiger partial charge < -0.3 is 5.32 Å². The van der Waals surface area contributed by atoms with Crippen molar-refractivity contribution in [2.45, 2.75) is 51.4 Å². The number of amides is 1. The fraction of sp³-hybridized carbons (Fsp3) is 0.360. The van der Waals surface area contributed by atoms with Crippen LogP contribution >= 0.6 is 23.1 Å². The molecule has 0 saturated heterocycles. The second-order valence-electron chi connectivity index (χ2n) is 8.62. The van der Waals surface area contributed by atoms with E-state index in [0.717, 1.165) is 23.1 Å². The molecule has 0 fully saturated rings. The van der Waals surface area contributed by atoms with Crippen molar-refractivity contribution in [2.75, 3.05) is 5.75 Å². The molecule has 1 unspecified atom stereocenters. The highest BCUT2D eigenvalue weighted by Crippen LogP contribution is 2.30. The number of nitrogens with zero attached hydrogens (tertiary/aromatic N) is 3. The van der Waals surface area contributed by atoms with Gasteiger partial charge in [-0.2, -0.15) is 0 Å². The van der Waals surface area contributed by atoms with Crippen LogP contribution in [-0.2, 0) is 17.8 Å². The number of carbonyl (C=O) groups is 1. The summed E-state index contributed by atoms with van der Waals surface area (Å²) in [5.41, 5.74) is 1.88. The maximum Gasteiger partial charge on any atom is 0.272 e. The van der Waals surface area contributed by atoms with Gasteiger partial charge in [0.1, 0.15) is 9.53 Å². The molecule has 33 heavy (non-hydrogen) atoms. The predicted molar refractivity (Wildman–Crippen MR) is 137 cm³/mol. The highest BCUT2D eigenvalue weighted by molar-refractivity contribution is 7.99. The van der Waals surface area contributed by atoms with Crippen molar-refractivity contribution in [3.63, 3.8) is 0 Å². The normalized spacial score (nSPS) is 12.5. The number of pyridine rings is 1. The quantitative estimate of drug-likeness (QED) is 0.273. The van der Waals surface area contributed by atoms with E-state index in [4.69, 9.17) is 4.98 Å². The molecule has 0 aliphatic heterocycles. The molecular weight excluding hydrogens is 452 g/mol. The number of nitrogens with one attached hydrogen (secondary N) is 1. The Balaban J connectivity index is 1.49. The molecule has 0 saturated carbocycles. The second kappa shape index (κ2) is 10.5. The third-order valence-corrected chi connectivity index (χ3v) is 7.38. The summed E-state index contributed by atoms with van der Waals surface area (Å²) in [4.78, 5) is 35.9. The molecule has 0 aliphatic rings. The molecular formula is C25H28N4O2S2. The van der Waals surface area contributed by atoms with E-state index in [0.29, 0.717) is 21.9 Å². The zero-order valence-electron chi connectivity index (χ0n) is 19.1. The SMILES string of the molecule is CC(C)Cn1c(SCC(=O)NC(C)CCc2ccccc2)nc2c(sc3ncccc32)c1=O. The summed E-state index contributed by atoms with van der Waals surface area (Å²) < 4.78 is 2.33. The van der Waals surface area contributed by atoms with Crippen LogP contribution in [0.15, 0.2) is 58.6 Å². The van der Waals surface area contributed by atoms with E-state index in [1.807, 2.05) is 37.3 Å². The van der Waals surface area contributed by atoms with Crippen molar-refractivity contribution in [1.82, 2.24) is 19.9 Å². The number of thiophene rings is 1. The van der Waals surface area contributed by atoms with E-state index in [2.05, 4.69) is 36.3 Å². The summed E-state index contributed by atoms with van der Waals surface area (Å²) in [6, 6.07) is 14.1. The van der Waals surface area contributed by atoms with Crippen LogP contribution in [0.1, 0.15) is 32.8 Å². The van der Waals surface area contributed by atoms with Crippen LogP contribution in [-0.4, -0.2) is 32.2 Å². The van der Waals surface area contributed by atoms with Gasteiger partial charge in [-0.25, -0.2) is 9.97 Å². The number of carbonyl (C=O) groups excluding carboxylic acids is 1. The summed E-state index contributed by atoms with van der Waals surface area (Å²) in [5.74, 6) is 0.440. The Morgan fingerprint density at radius 1 is 1.15 bits per heavy atom. The van der Waals surface area contributed by atoms with Crippen molar-refractivity contribution >= 4 is 49.4 Å². The number of rotatable bonds is 9. The van der Waals surface area contributed by atoms with Crippen molar-refractivity contribution < 1.29 is 4.79 Å². The predicted octanol–water partition coefficient (Wildman–Crippen LogP) is 4.89. The van der Waals surface area contributed by atoms with Gasteiger partial charge in [0.15, 0.2) is 5.16 Å². The van der Waals surface area contributed by atoms with Gasteiger partial charge in [0.2, 0.25) is 5.91 Å². The topological polar surface area (TPSA) is 76.9 Å². The Hall–Kier alpha value is -2.71. The Kier molecular flexibility index (Phi) is 7.45. The highest BCUT2D eigenvalue weighted by Gasteiger charge is 2.18. The van der Waals surface area contributed by atoms with E-state index in [9.17, 15) is 9.59 Å². The van der Waals surface area contributed by atoms with Gasteiger partial charge in [-0.1, -0.05) is 55.9 Å². The summed E-state index contributed by atoms with van der Waals surface area (Å²) in [7, 11) is 0. The van der Waals surface area contributed by atoms with E-state index < -0.39 is 0 Å². The number of thioether (sulfide) groups is 1. The lowest BCUT2D eigenvalue weighted by molar-refractivity contribution is -0.119. The molecule has 8 heteroatoms. The van der Waals surface area contributed by atoms with Crippen molar-refractivity contribution in [3.8, 4) is 0 Å². The lowest BCUT2D eigenvalue weighted by atomic mass is 10.1. The fourth-order valence-corrected chi connectivity index (χ4v) is 5.57. The molecule has 0 aliphatic carbocycles. The van der Waals surface area contributed by atoms with E-state index >= 15 is 0 Å². The van der Waals surface area contributed by atoms with Gasteiger partial charge >= 0.3 is 0 Å². The molecule has 1 atom stereocenters. The van der Waals surface area contributed by atoms with Crippen molar-refractivity contribution in [3.05, 3.63) is 64.6 Å². The smallest absolute Gasteiger partial charge is 0.272 e. The first-order chi connectivity index (χ1) is 15.9. The van der Waals surface area contributed by atoms with Gasteiger partial charge in [-0.3, -0.25) is 14.2 Å². The molecule has 6 nitrogen and oxygen atoms in total. The first kappa shape index (κ1) is 23.4. The lowest BCUT2D eigenvalue weighted by Gasteiger charge is -2.16. The standard InChI is InChI=1S/C25H28N4O2S2/c1-16(2)14-29-24(31)22-21(19-10-7-13-26-23(19)33-22)28-25(29)32-15-20(30)27-17(3)11-12-18-8-5-4-6-9-18/h4-10,13,16-17H,11-12,14-15H2,1-3H3,(H,27,30). The second-order valence-corrected chi connectivity index (χ2v) is 10.6. The summed E-state index contributed by atoms with van der Waals surface area (Å²) in [5, 5.41) is 4.54. The van der Waals surface area contributed by atoms with Gasteiger partial charge in [0, 0.05) is 24.2 Å². The molecule has 4 rings (SSSR count). The Morgan fingerprint density at radius 3 is 2.70 bits per heavy atom. The molecule has 0 bridgehead atoms. The zero-order chi connectivity index (χ0) is 23.4. The van der Waals surface area contributed by atoms with Crippen LogP contribution in [0.5, 0.6) is 0 Å². The van der Waals surface area contributed by atoms with Crippen LogP contribution < -0.4 is 10.9 Å². The molecule has 172 valence electrons. The number of hydrogen-bond acceptors (Lipinski definition) is 6. The van der Waals surface area contributed by atoms with Crippen molar-refractivity contribution in [1.29, 1.82) is 0 Å². The summed E-state index contributed by atoms with van der Waals surface area (Å²) >= 11 is 2.70. The number of aromatic nitrogens is 3. The van der Waals surface area contributed by atoms with Crippen LogP contribution in [0.2, 0.25) is 0 Å². The Bertz CT molecular complexity index is 1310. The molecule has 4 aromatic rings. The van der Waals surface area contributed by atoms with Crippen LogP contribution in [0, 0.1) is 5.92 Å². The first-order valence-electron chi connectivity index (χ1n) is 11.2. The monoisotopic (exact) mass is 480 g/mol. The third kappa shape index (κ3) is 5.62. The molecule has 1 amide bonds. The number of aryl methyl sites for hydroxylation is 1. The van der Waals surface area contributed by atoms with E-state index in [-0.39, 0.29) is 29.2 Å². The highest BCUT2D eigenvalue weighted by atomic mass is 32.2. The Labute approximate surface area is 201 Å². The maximum absolute atomic E-state index is 13.3. The largest absolute Gasteiger partial charge is 0.353 e. The van der Waals surface area contributed by atoms with Gasteiger partial charge in [0.05, 0.1) is 11.3 Å². The lowest BCUT2D eigenvalue weighted by Crippen LogP contribution is -2.34. The first-order valence-corrected chi connectivity index (χ1v) is 13.0. The molecule has 1 N–H and O–H groups in total. The van der Waals surface area contributed by atoms with E-state index in [1.54, 1.807) is 10.8 Å². The molecule has 0 radical (unpaired) electrons. The van der Waals surface area contributed by atoms with Crippen LogP contribution in [0.4, 0.5) is 0 Å². The summed E-state index contributed by atoms with van der Waals surface area (Å²) in [6.45, 7) is 6.72. The minimum atomic E-state index is -0.0594. The minimum absolute atomic E-state index is 0.0529. The summed E-state index contributed by atoms with van der Waals surface area (Å²) in [6.07, 6.45) is 3.51. The van der Waals surface area contributed by atoms with Crippen LogP contribution in [0.3, 0.4) is 0 Å². The third-order valence-electron chi connectivity index (χ3n) is 5.31. The Morgan fingerprint density at radius 2 is 1.94 bits per heavy atom. The van der Waals surface area contributed by atoms with Gasteiger partial charge in [-0.05, 0) is 43.4 Å². The minimum Gasteiger partial charge on any atom is -0.353 e. The number of hydrogen-bond donors (Lipinski definition) is 1. The number of fused-ring (bicyclic) bond motifs is 3. The van der Waals surface area contributed by atoms with Crippen LogP contribution in [0.25, 0.3) is 20.4 Å². The molecule has 1 aromatic carbocycles. The fourth-order valence-electron chi connectivity index (χ4n) is 3.72. The van der Waals surface area contributed by atoms with Gasteiger partial charge in [0.25, 0.3) is 5.56 Å². The van der Waals surface area contributed by atoms with Gasteiger partial charge in [-0.15, -0.1) is 11.3 Å². The van der Waals surface area contributed by atoms with E-state index in [1.165, 1.54) is 28.7 Å². The maximum atomic E-state index is 13.3. The zero-order valence-corrected chi connectivity index (χ0v) is 20.7. The average molecular weight is 481 g/mol. The van der Waals surface area contributed by atoms with Crippen molar-refractivity contribution in [2.24, 2.45) is 5.92 Å². The number of benzene rings is 1. The molecule has 0 spiro atoms. The molecule has 3 heterocycles. The molecule has 3 aromatic heterocycles. The average Bonchev–Trinajstić information content (AvgIpc) is 3.18.